The van der Waals surface area contributed by atoms with Crippen molar-refractivity contribution in [2.24, 2.45) is 0 Å². The topological polar surface area (TPSA) is 46.6 Å². The van der Waals surface area contributed by atoms with Crippen LogP contribution in [0.1, 0.15) is 11.1 Å². The van der Waals surface area contributed by atoms with E-state index in [1.165, 1.54) is 9.71 Å². The first-order valence-corrected chi connectivity index (χ1v) is 8.34. The number of hydrogen-bond acceptors (Lipinski definition) is 3. The Labute approximate surface area is 131 Å². The van der Waals surface area contributed by atoms with Gasteiger partial charge in [0.15, 0.2) is 0 Å². The fourth-order valence-corrected chi connectivity index (χ4v) is 2.78. The summed E-state index contributed by atoms with van der Waals surface area (Å²) in [5.41, 5.74) is 1.75. The van der Waals surface area contributed by atoms with Crippen LogP contribution in [-0.4, -0.2) is 26.9 Å². The second-order valence-electron chi connectivity index (χ2n) is 4.86. The molecule has 116 valence electrons. The van der Waals surface area contributed by atoms with Crippen molar-refractivity contribution in [2.45, 2.75) is 6.54 Å². The van der Waals surface area contributed by atoms with E-state index < -0.39 is 10.0 Å². The molecule has 5 heteroatoms. The maximum atomic E-state index is 12.2. The fourth-order valence-electron chi connectivity index (χ4n) is 1.91. The monoisotopic (exact) mass is 317 g/mol. The van der Waals surface area contributed by atoms with Crippen LogP contribution in [0.25, 0.3) is 6.08 Å². The Hall–Kier alpha value is -2.11. The summed E-state index contributed by atoms with van der Waals surface area (Å²) >= 11 is 0. The van der Waals surface area contributed by atoms with E-state index in [4.69, 9.17) is 4.74 Å². The molecule has 0 aliphatic carbocycles. The Balaban J connectivity index is 2.07. The molecule has 22 heavy (non-hydrogen) atoms. The smallest absolute Gasteiger partial charge is 0.236 e. The minimum atomic E-state index is -3.45. The predicted octanol–water partition coefficient (Wildman–Crippen LogP) is 3.13. The summed E-state index contributed by atoms with van der Waals surface area (Å²) < 4.78 is 30.9. The van der Waals surface area contributed by atoms with Crippen LogP contribution in [0.15, 0.2) is 60.0 Å². The number of benzene rings is 2. The molecule has 0 fully saturated rings. The third kappa shape index (κ3) is 4.44. The van der Waals surface area contributed by atoms with E-state index in [9.17, 15) is 8.42 Å². The van der Waals surface area contributed by atoms with Crippen LogP contribution >= 0.6 is 0 Å². The second-order valence-corrected chi connectivity index (χ2v) is 6.79. The molecule has 0 radical (unpaired) electrons. The quantitative estimate of drug-likeness (QED) is 0.822. The van der Waals surface area contributed by atoms with Gasteiger partial charge in [0.05, 0.1) is 7.11 Å². The Morgan fingerprint density at radius 2 is 1.68 bits per heavy atom. The van der Waals surface area contributed by atoms with Crippen LogP contribution < -0.4 is 4.74 Å². The van der Waals surface area contributed by atoms with Gasteiger partial charge in [0.25, 0.3) is 0 Å². The van der Waals surface area contributed by atoms with E-state index in [2.05, 4.69) is 0 Å². The van der Waals surface area contributed by atoms with Crippen molar-refractivity contribution in [1.82, 2.24) is 4.31 Å². The molecule has 0 bridgehead atoms. The minimum absolute atomic E-state index is 0.343. The lowest BCUT2D eigenvalue weighted by atomic mass is 10.2. The molecule has 0 spiro atoms. The van der Waals surface area contributed by atoms with Crippen LogP contribution in [0, 0.1) is 0 Å². The van der Waals surface area contributed by atoms with Crippen LogP contribution in [0.4, 0.5) is 0 Å². The highest BCUT2D eigenvalue weighted by Crippen LogP contribution is 2.14. The maximum absolute atomic E-state index is 12.2. The molecule has 0 saturated heterocycles. The van der Waals surface area contributed by atoms with E-state index in [0.29, 0.717) is 6.54 Å². The predicted molar refractivity (Wildman–Crippen MR) is 88.9 cm³/mol. The lowest BCUT2D eigenvalue weighted by Gasteiger charge is -2.14. The van der Waals surface area contributed by atoms with E-state index >= 15 is 0 Å². The summed E-state index contributed by atoms with van der Waals surface area (Å²) in [6, 6.07) is 16.7. The molecule has 2 aromatic carbocycles. The molecular weight excluding hydrogens is 298 g/mol. The lowest BCUT2D eigenvalue weighted by molar-refractivity contribution is 0.415. The average Bonchev–Trinajstić information content (AvgIpc) is 2.54. The Morgan fingerprint density at radius 3 is 2.27 bits per heavy atom. The number of rotatable bonds is 6. The minimum Gasteiger partial charge on any atom is -0.497 e. The Bertz CT molecular complexity index is 722. The molecule has 0 amide bonds. The standard InChI is InChI=1S/C17H19NO3S/c1-18(14-16-6-4-3-5-7-16)22(19,20)13-12-15-8-10-17(21-2)11-9-15/h3-13H,14H2,1-2H3/b13-12+. The molecule has 0 aromatic heterocycles. The molecule has 0 atom stereocenters. The van der Waals surface area contributed by atoms with Crippen molar-refractivity contribution in [1.29, 1.82) is 0 Å². The van der Waals surface area contributed by atoms with Crippen molar-refractivity contribution < 1.29 is 13.2 Å². The molecule has 0 heterocycles. The molecule has 0 N–H and O–H groups in total. The zero-order valence-corrected chi connectivity index (χ0v) is 13.5. The highest BCUT2D eigenvalue weighted by Gasteiger charge is 2.14. The van der Waals surface area contributed by atoms with E-state index in [1.54, 1.807) is 32.4 Å². The van der Waals surface area contributed by atoms with E-state index in [0.717, 1.165) is 16.9 Å². The maximum Gasteiger partial charge on any atom is 0.236 e. The molecule has 0 aliphatic rings. The first-order valence-electron chi connectivity index (χ1n) is 6.84. The average molecular weight is 317 g/mol. The molecule has 0 unspecified atom stereocenters. The van der Waals surface area contributed by atoms with E-state index in [1.807, 2.05) is 42.5 Å². The SMILES string of the molecule is COc1ccc(/C=C/S(=O)(=O)N(C)Cc2ccccc2)cc1. The molecule has 0 aliphatic heterocycles. The fraction of sp³-hybridized carbons (Fsp3) is 0.176. The third-order valence-electron chi connectivity index (χ3n) is 3.23. The second kappa shape index (κ2) is 7.24. The normalized spacial score (nSPS) is 12.0. The van der Waals surface area contributed by atoms with Gasteiger partial charge in [0, 0.05) is 19.0 Å². The summed E-state index contributed by atoms with van der Waals surface area (Å²) in [7, 11) is -0.290. The molecule has 0 saturated carbocycles. The van der Waals surface area contributed by atoms with Crippen molar-refractivity contribution >= 4 is 16.1 Å². The number of methoxy groups -OCH3 is 1. The lowest BCUT2D eigenvalue weighted by Crippen LogP contribution is -2.24. The molecule has 2 aromatic rings. The van der Waals surface area contributed by atoms with Gasteiger partial charge in [0.2, 0.25) is 10.0 Å². The highest BCUT2D eigenvalue weighted by atomic mass is 32.2. The van der Waals surface area contributed by atoms with Crippen LogP contribution in [0.5, 0.6) is 5.75 Å². The zero-order chi connectivity index (χ0) is 16.0. The van der Waals surface area contributed by atoms with Crippen molar-refractivity contribution in [3.63, 3.8) is 0 Å². The van der Waals surface area contributed by atoms with Gasteiger partial charge >= 0.3 is 0 Å². The van der Waals surface area contributed by atoms with Crippen molar-refractivity contribution in [3.05, 3.63) is 71.1 Å². The highest BCUT2D eigenvalue weighted by molar-refractivity contribution is 7.92. The van der Waals surface area contributed by atoms with E-state index in [-0.39, 0.29) is 0 Å². The van der Waals surface area contributed by atoms with Crippen molar-refractivity contribution in [2.75, 3.05) is 14.2 Å². The number of hydrogen-bond donors (Lipinski definition) is 0. The van der Waals surface area contributed by atoms with Crippen LogP contribution in [0.3, 0.4) is 0 Å². The van der Waals surface area contributed by atoms with Gasteiger partial charge in [0.1, 0.15) is 5.75 Å². The molecule has 2 rings (SSSR count). The van der Waals surface area contributed by atoms with Gasteiger partial charge in [-0.1, -0.05) is 42.5 Å². The van der Waals surface area contributed by atoms with Gasteiger partial charge in [-0.05, 0) is 29.3 Å². The third-order valence-corrected chi connectivity index (χ3v) is 4.71. The summed E-state index contributed by atoms with van der Waals surface area (Å²) in [4.78, 5) is 0. The molecular formula is C17H19NO3S. The van der Waals surface area contributed by atoms with Crippen molar-refractivity contribution in [3.8, 4) is 5.75 Å². The molecule has 4 nitrogen and oxygen atoms in total. The summed E-state index contributed by atoms with van der Waals surface area (Å²) in [6.45, 7) is 0.343. The zero-order valence-electron chi connectivity index (χ0n) is 12.6. The van der Waals surface area contributed by atoms with Gasteiger partial charge < -0.3 is 4.74 Å². The summed E-state index contributed by atoms with van der Waals surface area (Å²) in [5.74, 6) is 0.737. The van der Waals surface area contributed by atoms with Gasteiger partial charge in [-0.3, -0.25) is 0 Å². The van der Waals surface area contributed by atoms with Gasteiger partial charge in [-0.15, -0.1) is 0 Å². The number of nitrogens with zero attached hydrogens (tertiary/aromatic N) is 1. The summed E-state index contributed by atoms with van der Waals surface area (Å²) in [6.07, 6.45) is 1.58. The van der Waals surface area contributed by atoms with Crippen LogP contribution in [0.2, 0.25) is 0 Å². The number of sulfonamides is 1. The first kappa shape index (κ1) is 16.3. The Kier molecular flexibility index (Phi) is 5.35. The largest absolute Gasteiger partial charge is 0.497 e. The van der Waals surface area contributed by atoms with Gasteiger partial charge in [-0.25, -0.2) is 8.42 Å². The van der Waals surface area contributed by atoms with Gasteiger partial charge in [-0.2, -0.15) is 4.31 Å². The summed E-state index contributed by atoms with van der Waals surface area (Å²) in [5, 5.41) is 1.22. The Morgan fingerprint density at radius 1 is 1.05 bits per heavy atom. The first-order chi connectivity index (χ1) is 10.5. The number of ether oxygens (including phenoxy) is 1. The van der Waals surface area contributed by atoms with Crippen LogP contribution in [-0.2, 0) is 16.6 Å².